The lowest BCUT2D eigenvalue weighted by Gasteiger charge is -2.21. The fourth-order valence-corrected chi connectivity index (χ4v) is 3.15. The van der Waals surface area contributed by atoms with Gasteiger partial charge in [0.2, 0.25) is 0 Å². The van der Waals surface area contributed by atoms with E-state index in [1.807, 2.05) is 24.3 Å². The highest BCUT2D eigenvalue weighted by Crippen LogP contribution is 2.25. The molecule has 1 amide bonds. The van der Waals surface area contributed by atoms with Crippen molar-refractivity contribution in [3.8, 4) is 0 Å². The molecule has 6 heteroatoms. The van der Waals surface area contributed by atoms with Gasteiger partial charge in [-0.25, -0.2) is 0 Å². The van der Waals surface area contributed by atoms with Crippen molar-refractivity contribution in [3.63, 3.8) is 0 Å². The second-order valence-corrected chi connectivity index (χ2v) is 6.33. The number of nitrogens with zero attached hydrogens (tertiary/aromatic N) is 1. The third-order valence-corrected chi connectivity index (χ3v) is 4.70. The van der Waals surface area contributed by atoms with Gasteiger partial charge in [0.15, 0.2) is 0 Å². The Hall–Kier alpha value is -0.970. The Morgan fingerprint density at radius 1 is 1.25 bits per heavy atom. The molecule has 2 unspecified atom stereocenters. The van der Waals surface area contributed by atoms with Gasteiger partial charge in [-0.1, -0.05) is 19.8 Å². The number of anilines is 1. The zero-order valence-electron chi connectivity index (χ0n) is 14.7. The quantitative estimate of drug-likeness (QED) is 0.764. The summed E-state index contributed by atoms with van der Waals surface area (Å²) in [4.78, 5) is 14.6. The molecule has 2 atom stereocenters. The molecule has 1 aromatic rings. The van der Waals surface area contributed by atoms with Crippen molar-refractivity contribution in [1.82, 2.24) is 5.32 Å². The first-order valence-electron chi connectivity index (χ1n) is 8.47. The first-order valence-corrected chi connectivity index (χ1v) is 8.47. The zero-order chi connectivity index (χ0) is 15.9. The standard InChI is InChI=1S/C18H29N3O.2ClH/c1-3-4-12-21(2)16-10-8-14(9-11-16)18(22)20-17-7-5-6-15(17)13-19;;/h8-11,15,17H,3-7,12-13,19H2,1-2H3,(H,20,22);2*1H. The van der Waals surface area contributed by atoms with Crippen LogP contribution in [0.4, 0.5) is 5.69 Å². The predicted molar refractivity (Wildman–Crippen MR) is 107 cm³/mol. The van der Waals surface area contributed by atoms with E-state index in [1.165, 1.54) is 12.8 Å². The molecule has 0 bridgehead atoms. The van der Waals surface area contributed by atoms with Gasteiger partial charge in [-0.3, -0.25) is 4.79 Å². The summed E-state index contributed by atoms with van der Waals surface area (Å²) in [6.45, 7) is 3.90. The Morgan fingerprint density at radius 2 is 1.92 bits per heavy atom. The first-order chi connectivity index (χ1) is 10.7. The minimum absolute atomic E-state index is 0. The maximum Gasteiger partial charge on any atom is 0.251 e. The molecule has 3 N–H and O–H groups in total. The topological polar surface area (TPSA) is 58.4 Å². The molecule has 1 aromatic carbocycles. The van der Waals surface area contributed by atoms with Crippen molar-refractivity contribution in [2.24, 2.45) is 11.7 Å². The van der Waals surface area contributed by atoms with Crippen LogP contribution in [0.2, 0.25) is 0 Å². The summed E-state index contributed by atoms with van der Waals surface area (Å²) in [5.74, 6) is 0.455. The minimum Gasteiger partial charge on any atom is -0.375 e. The van der Waals surface area contributed by atoms with E-state index in [-0.39, 0.29) is 36.8 Å². The van der Waals surface area contributed by atoms with Crippen LogP contribution < -0.4 is 16.0 Å². The summed E-state index contributed by atoms with van der Waals surface area (Å²) >= 11 is 0. The number of nitrogens with one attached hydrogen (secondary N) is 1. The average Bonchev–Trinajstić information content (AvgIpc) is 2.99. The summed E-state index contributed by atoms with van der Waals surface area (Å²) in [7, 11) is 2.09. The summed E-state index contributed by atoms with van der Waals surface area (Å²) in [5.41, 5.74) is 7.66. The maximum atomic E-state index is 12.3. The third-order valence-electron chi connectivity index (χ3n) is 4.70. The normalized spacial score (nSPS) is 19.1. The molecule has 0 aromatic heterocycles. The highest BCUT2D eigenvalue weighted by Gasteiger charge is 2.27. The molecular weight excluding hydrogens is 345 g/mol. The van der Waals surface area contributed by atoms with Gasteiger partial charge < -0.3 is 16.0 Å². The summed E-state index contributed by atoms with van der Waals surface area (Å²) in [6, 6.07) is 8.13. The van der Waals surface area contributed by atoms with E-state index in [4.69, 9.17) is 5.73 Å². The van der Waals surface area contributed by atoms with Crippen LogP contribution in [0.1, 0.15) is 49.4 Å². The van der Waals surface area contributed by atoms with Crippen molar-refractivity contribution in [2.45, 2.75) is 45.1 Å². The monoisotopic (exact) mass is 375 g/mol. The van der Waals surface area contributed by atoms with E-state index in [1.54, 1.807) is 0 Å². The average molecular weight is 376 g/mol. The van der Waals surface area contributed by atoms with Crippen LogP contribution in [0, 0.1) is 5.92 Å². The van der Waals surface area contributed by atoms with Gasteiger partial charge in [-0.15, -0.1) is 24.8 Å². The van der Waals surface area contributed by atoms with Crippen molar-refractivity contribution in [2.75, 3.05) is 25.0 Å². The van der Waals surface area contributed by atoms with E-state index in [0.717, 1.165) is 37.1 Å². The van der Waals surface area contributed by atoms with Crippen LogP contribution in [0.25, 0.3) is 0 Å². The Labute approximate surface area is 158 Å². The van der Waals surface area contributed by atoms with Crippen LogP contribution in [-0.2, 0) is 0 Å². The molecule has 0 spiro atoms. The molecule has 0 heterocycles. The second kappa shape index (κ2) is 11.6. The van der Waals surface area contributed by atoms with Gasteiger partial charge in [-0.05, 0) is 56.0 Å². The van der Waals surface area contributed by atoms with Gasteiger partial charge in [0.25, 0.3) is 5.91 Å². The molecule has 2 rings (SSSR count). The second-order valence-electron chi connectivity index (χ2n) is 6.33. The van der Waals surface area contributed by atoms with Crippen molar-refractivity contribution < 1.29 is 4.79 Å². The lowest BCUT2D eigenvalue weighted by atomic mass is 10.0. The van der Waals surface area contributed by atoms with Crippen LogP contribution in [0.3, 0.4) is 0 Å². The van der Waals surface area contributed by atoms with Gasteiger partial charge in [0.05, 0.1) is 0 Å². The number of amides is 1. The molecule has 0 radical (unpaired) electrons. The molecule has 4 nitrogen and oxygen atoms in total. The minimum atomic E-state index is 0. The van der Waals surface area contributed by atoms with E-state index in [9.17, 15) is 4.79 Å². The molecule has 0 saturated heterocycles. The molecule has 24 heavy (non-hydrogen) atoms. The molecule has 1 aliphatic rings. The molecular formula is C18H31Cl2N3O. The summed E-state index contributed by atoms with van der Waals surface area (Å²) in [6.07, 6.45) is 5.71. The summed E-state index contributed by atoms with van der Waals surface area (Å²) < 4.78 is 0. The van der Waals surface area contributed by atoms with Gasteiger partial charge in [0.1, 0.15) is 0 Å². The molecule has 1 saturated carbocycles. The molecule has 1 aliphatic carbocycles. The highest BCUT2D eigenvalue weighted by molar-refractivity contribution is 5.94. The van der Waals surface area contributed by atoms with Crippen LogP contribution >= 0.6 is 24.8 Å². The smallest absolute Gasteiger partial charge is 0.251 e. The molecule has 138 valence electrons. The van der Waals surface area contributed by atoms with Crippen molar-refractivity contribution in [1.29, 1.82) is 0 Å². The number of carbonyl (C=O) groups is 1. The number of unbranched alkanes of at least 4 members (excludes halogenated alkanes) is 1. The van der Waals surface area contributed by atoms with E-state index in [0.29, 0.717) is 12.5 Å². The lowest BCUT2D eigenvalue weighted by Crippen LogP contribution is -2.39. The number of hydrogen-bond acceptors (Lipinski definition) is 3. The van der Waals surface area contributed by atoms with E-state index in [2.05, 4.69) is 24.2 Å². The number of carbonyl (C=O) groups excluding carboxylic acids is 1. The number of halogens is 2. The Morgan fingerprint density at radius 3 is 2.50 bits per heavy atom. The fourth-order valence-electron chi connectivity index (χ4n) is 3.15. The number of benzene rings is 1. The van der Waals surface area contributed by atoms with Gasteiger partial charge in [-0.2, -0.15) is 0 Å². The summed E-state index contributed by atoms with van der Waals surface area (Å²) in [5, 5.41) is 3.15. The SMILES string of the molecule is CCCCN(C)c1ccc(C(=O)NC2CCCC2CN)cc1.Cl.Cl. The fraction of sp³-hybridized carbons (Fsp3) is 0.611. The third kappa shape index (κ3) is 6.15. The van der Waals surface area contributed by atoms with Crippen LogP contribution in [0.15, 0.2) is 24.3 Å². The number of hydrogen-bond donors (Lipinski definition) is 2. The Balaban J connectivity index is 0.00000264. The van der Waals surface area contributed by atoms with Crippen LogP contribution in [0.5, 0.6) is 0 Å². The molecule has 0 aliphatic heterocycles. The highest BCUT2D eigenvalue weighted by atomic mass is 35.5. The van der Waals surface area contributed by atoms with Crippen molar-refractivity contribution >= 4 is 36.4 Å². The largest absolute Gasteiger partial charge is 0.375 e. The number of rotatable bonds is 7. The van der Waals surface area contributed by atoms with Gasteiger partial charge >= 0.3 is 0 Å². The molecule has 1 fully saturated rings. The van der Waals surface area contributed by atoms with Crippen molar-refractivity contribution in [3.05, 3.63) is 29.8 Å². The van der Waals surface area contributed by atoms with E-state index < -0.39 is 0 Å². The number of nitrogens with two attached hydrogens (primary N) is 1. The Kier molecular flexibility index (Phi) is 11.1. The zero-order valence-corrected chi connectivity index (χ0v) is 16.3. The van der Waals surface area contributed by atoms with Crippen LogP contribution in [-0.4, -0.2) is 32.1 Å². The predicted octanol–water partition coefficient (Wildman–Crippen LogP) is 3.62. The van der Waals surface area contributed by atoms with E-state index >= 15 is 0 Å². The van der Waals surface area contributed by atoms with Gasteiger partial charge in [0, 0.05) is 30.9 Å². The first kappa shape index (κ1) is 23.0. The Bertz CT molecular complexity index is 482. The maximum absolute atomic E-state index is 12.3. The lowest BCUT2D eigenvalue weighted by molar-refractivity contribution is 0.0929.